The Morgan fingerprint density at radius 2 is 1.95 bits per heavy atom. The molecule has 2 aliphatic rings. The Morgan fingerprint density at radius 3 is 2.37 bits per heavy atom. The maximum absolute atomic E-state index is 12.3. The van der Waals surface area contributed by atoms with Crippen molar-refractivity contribution in [2.75, 3.05) is 6.54 Å². The fraction of sp³-hybridized carbons (Fsp3) is 0.857. The van der Waals surface area contributed by atoms with Crippen molar-refractivity contribution in [2.24, 2.45) is 11.8 Å². The van der Waals surface area contributed by atoms with Gasteiger partial charge in [0.1, 0.15) is 6.54 Å². The molecule has 0 radical (unpaired) electrons. The Hall–Kier alpha value is -1.26. The molecule has 3 unspecified atom stereocenters. The lowest BCUT2D eigenvalue weighted by atomic mass is 9.95. The summed E-state index contributed by atoms with van der Waals surface area (Å²) in [4.78, 5) is 24.6. The van der Waals surface area contributed by atoms with E-state index in [0.29, 0.717) is 5.92 Å². The molecule has 5 heteroatoms. The van der Waals surface area contributed by atoms with Gasteiger partial charge in [-0.15, -0.1) is 0 Å². The zero-order chi connectivity index (χ0) is 14.2. The molecule has 3 atom stereocenters. The Morgan fingerprint density at radius 1 is 1.26 bits per heavy atom. The number of hydrogen-bond donors (Lipinski definition) is 2. The minimum absolute atomic E-state index is 0.241. The first-order chi connectivity index (χ1) is 8.77. The van der Waals surface area contributed by atoms with Gasteiger partial charge in [-0.05, 0) is 51.9 Å². The molecule has 0 aromatic heterocycles. The summed E-state index contributed by atoms with van der Waals surface area (Å²) in [5, 5.41) is 12.0. The van der Waals surface area contributed by atoms with Crippen molar-refractivity contribution >= 4 is 12.0 Å². The number of nitrogens with one attached hydrogen (secondary N) is 1. The summed E-state index contributed by atoms with van der Waals surface area (Å²) in [6.45, 7) is 5.32. The first kappa shape index (κ1) is 14.2. The summed E-state index contributed by atoms with van der Waals surface area (Å²) in [5.74, 6) is 0.386. The van der Waals surface area contributed by atoms with Crippen molar-refractivity contribution in [3.05, 3.63) is 0 Å². The summed E-state index contributed by atoms with van der Waals surface area (Å²) in [6.07, 6.45) is 4.76. The molecule has 0 aliphatic heterocycles. The quantitative estimate of drug-likeness (QED) is 0.823. The van der Waals surface area contributed by atoms with Crippen LogP contribution in [0.3, 0.4) is 0 Å². The Balaban J connectivity index is 1.97. The third kappa shape index (κ3) is 3.19. The minimum Gasteiger partial charge on any atom is -0.480 e. The highest BCUT2D eigenvalue weighted by Gasteiger charge is 2.41. The number of fused-ring (bicyclic) bond motifs is 2. The lowest BCUT2D eigenvalue weighted by Gasteiger charge is -2.36. The van der Waals surface area contributed by atoms with Crippen LogP contribution in [-0.4, -0.2) is 40.1 Å². The van der Waals surface area contributed by atoms with Crippen LogP contribution in [0.2, 0.25) is 0 Å². The van der Waals surface area contributed by atoms with Crippen LogP contribution in [-0.2, 0) is 4.79 Å². The number of carboxylic acids is 1. The number of nitrogens with zero attached hydrogens (tertiary/aromatic N) is 1. The normalized spacial score (nSPS) is 29.3. The molecule has 2 N–H and O–H groups in total. The van der Waals surface area contributed by atoms with Crippen molar-refractivity contribution in [3.63, 3.8) is 0 Å². The molecule has 2 rings (SSSR count). The van der Waals surface area contributed by atoms with Crippen LogP contribution in [0.4, 0.5) is 4.79 Å². The molecule has 108 valence electrons. The average Bonchev–Trinajstić information content (AvgIpc) is 2.85. The van der Waals surface area contributed by atoms with Gasteiger partial charge in [-0.25, -0.2) is 4.79 Å². The number of amides is 2. The van der Waals surface area contributed by atoms with E-state index in [4.69, 9.17) is 5.11 Å². The molecule has 5 nitrogen and oxygen atoms in total. The number of hydrogen-bond acceptors (Lipinski definition) is 2. The highest BCUT2D eigenvalue weighted by molar-refractivity contribution is 5.81. The predicted octanol–water partition coefficient (Wildman–Crippen LogP) is 2.07. The number of carbonyl (C=O) groups is 2. The second-order valence-electron chi connectivity index (χ2n) is 6.88. The van der Waals surface area contributed by atoms with E-state index in [9.17, 15) is 9.59 Å². The van der Waals surface area contributed by atoms with Crippen LogP contribution < -0.4 is 5.32 Å². The van der Waals surface area contributed by atoms with Crippen LogP contribution in [0.1, 0.15) is 46.5 Å². The first-order valence-electron chi connectivity index (χ1n) is 7.07. The van der Waals surface area contributed by atoms with Gasteiger partial charge in [0.25, 0.3) is 0 Å². The zero-order valence-electron chi connectivity index (χ0n) is 12.0. The topological polar surface area (TPSA) is 69.6 Å². The van der Waals surface area contributed by atoms with Gasteiger partial charge in [-0.2, -0.15) is 0 Å². The molecule has 2 amide bonds. The zero-order valence-corrected chi connectivity index (χ0v) is 12.0. The summed E-state index contributed by atoms with van der Waals surface area (Å²) < 4.78 is 0. The van der Waals surface area contributed by atoms with Gasteiger partial charge in [0, 0.05) is 11.6 Å². The highest BCUT2D eigenvalue weighted by Crippen LogP contribution is 2.44. The molecule has 0 spiro atoms. The summed E-state index contributed by atoms with van der Waals surface area (Å²) in [6, 6.07) is -0.00246. The smallest absolute Gasteiger partial charge is 0.323 e. The van der Waals surface area contributed by atoms with Gasteiger partial charge in [-0.1, -0.05) is 6.42 Å². The number of aliphatic carboxylic acids is 1. The molecule has 0 saturated heterocycles. The number of carbonyl (C=O) groups excluding carboxylic acids is 1. The monoisotopic (exact) mass is 268 g/mol. The molecule has 0 aromatic rings. The van der Waals surface area contributed by atoms with E-state index in [2.05, 4.69) is 5.32 Å². The third-order valence-corrected chi connectivity index (χ3v) is 4.40. The molecular formula is C14H24N2O3. The Kier molecular flexibility index (Phi) is 3.74. The van der Waals surface area contributed by atoms with Crippen LogP contribution >= 0.6 is 0 Å². The molecule has 19 heavy (non-hydrogen) atoms. The van der Waals surface area contributed by atoms with Crippen molar-refractivity contribution in [1.29, 1.82) is 0 Å². The largest absolute Gasteiger partial charge is 0.480 e. The fourth-order valence-corrected chi connectivity index (χ4v) is 3.41. The third-order valence-electron chi connectivity index (χ3n) is 4.40. The molecule has 2 fully saturated rings. The Bertz CT molecular complexity index is 375. The molecule has 0 aromatic carbocycles. The average molecular weight is 268 g/mol. The van der Waals surface area contributed by atoms with E-state index in [1.54, 1.807) is 0 Å². The van der Waals surface area contributed by atoms with Crippen LogP contribution in [0.15, 0.2) is 0 Å². The Labute approximate surface area is 114 Å². The van der Waals surface area contributed by atoms with Crippen LogP contribution in [0.5, 0.6) is 0 Å². The summed E-state index contributed by atoms with van der Waals surface area (Å²) in [7, 11) is 0. The maximum atomic E-state index is 12.3. The van der Waals surface area contributed by atoms with E-state index >= 15 is 0 Å². The van der Waals surface area contributed by atoms with Crippen molar-refractivity contribution in [2.45, 2.75) is 58.0 Å². The molecule has 2 saturated carbocycles. The number of urea groups is 1. The second-order valence-corrected chi connectivity index (χ2v) is 6.88. The van der Waals surface area contributed by atoms with E-state index in [1.165, 1.54) is 24.2 Å². The van der Waals surface area contributed by atoms with E-state index in [-0.39, 0.29) is 18.6 Å². The minimum atomic E-state index is -0.974. The van der Waals surface area contributed by atoms with Gasteiger partial charge in [0.15, 0.2) is 0 Å². The standard InChI is InChI=1S/C14H24N2O3/c1-14(2,3)16(8-12(17)18)13(19)15-11-7-9-4-5-10(11)6-9/h9-11H,4-8H2,1-3H3,(H,15,19)(H,17,18). The second kappa shape index (κ2) is 5.02. The van der Waals surface area contributed by atoms with Gasteiger partial charge in [-0.3, -0.25) is 4.79 Å². The van der Waals surface area contributed by atoms with E-state index in [1.807, 2.05) is 20.8 Å². The number of carboxylic acid groups (broad SMARTS) is 1. The summed E-state index contributed by atoms with van der Waals surface area (Å²) in [5.41, 5.74) is -0.486. The molecule has 2 bridgehead atoms. The molecule has 2 aliphatic carbocycles. The van der Waals surface area contributed by atoms with Crippen molar-refractivity contribution in [3.8, 4) is 0 Å². The lowest BCUT2D eigenvalue weighted by Crippen LogP contribution is -2.55. The van der Waals surface area contributed by atoms with E-state index < -0.39 is 11.5 Å². The predicted molar refractivity (Wildman–Crippen MR) is 71.9 cm³/mol. The van der Waals surface area contributed by atoms with E-state index in [0.717, 1.165) is 12.3 Å². The van der Waals surface area contributed by atoms with Gasteiger partial charge >= 0.3 is 12.0 Å². The van der Waals surface area contributed by atoms with Crippen molar-refractivity contribution < 1.29 is 14.7 Å². The SMILES string of the molecule is CC(C)(C)N(CC(=O)O)C(=O)NC1CC2CCC1C2. The summed E-state index contributed by atoms with van der Waals surface area (Å²) >= 11 is 0. The number of rotatable bonds is 3. The fourth-order valence-electron chi connectivity index (χ4n) is 3.41. The van der Waals surface area contributed by atoms with Gasteiger partial charge in [0.2, 0.25) is 0 Å². The van der Waals surface area contributed by atoms with Crippen molar-refractivity contribution in [1.82, 2.24) is 10.2 Å². The lowest BCUT2D eigenvalue weighted by molar-refractivity contribution is -0.138. The molecular weight excluding hydrogens is 244 g/mol. The van der Waals surface area contributed by atoms with Crippen LogP contribution in [0.25, 0.3) is 0 Å². The molecule has 0 heterocycles. The van der Waals surface area contributed by atoms with Gasteiger partial charge < -0.3 is 15.3 Å². The first-order valence-corrected chi connectivity index (χ1v) is 7.07. The van der Waals surface area contributed by atoms with Gasteiger partial charge in [0.05, 0.1) is 0 Å². The highest BCUT2D eigenvalue weighted by atomic mass is 16.4. The van der Waals surface area contributed by atoms with Crippen LogP contribution in [0, 0.1) is 11.8 Å². The maximum Gasteiger partial charge on any atom is 0.323 e.